The van der Waals surface area contributed by atoms with Crippen LogP contribution in [-0.4, -0.2) is 27.8 Å². The van der Waals surface area contributed by atoms with Gasteiger partial charge in [-0.05, 0) is 43.6 Å². The summed E-state index contributed by atoms with van der Waals surface area (Å²) in [5.74, 6) is 1.54. The van der Waals surface area contributed by atoms with E-state index < -0.39 is 10.8 Å². The molecule has 3 unspecified atom stereocenters. The molecule has 0 spiro atoms. The van der Waals surface area contributed by atoms with Crippen molar-refractivity contribution >= 4 is 10.8 Å². The molecule has 0 aromatic carbocycles. The van der Waals surface area contributed by atoms with Gasteiger partial charge in [0.05, 0.1) is 5.25 Å². The molecule has 0 radical (unpaired) electrons. The van der Waals surface area contributed by atoms with E-state index in [1.165, 1.54) is 6.42 Å². The van der Waals surface area contributed by atoms with Crippen molar-refractivity contribution in [1.82, 2.24) is 5.32 Å². The third kappa shape index (κ3) is 4.34. The van der Waals surface area contributed by atoms with E-state index >= 15 is 0 Å². The van der Waals surface area contributed by atoms with Gasteiger partial charge < -0.3 is 5.32 Å². The van der Waals surface area contributed by atoms with Crippen molar-refractivity contribution < 1.29 is 4.21 Å². The van der Waals surface area contributed by atoms with Crippen LogP contribution in [0.4, 0.5) is 0 Å². The first-order valence-electron chi connectivity index (χ1n) is 7.49. The number of nitrogens with one attached hydrogen (secondary N) is 1. The van der Waals surface area contributed by atoms with Gasteiger partial charge >= 0.3 is 0 Å². The third-order valence-electron chi connectivity index (χ3n) is 4.14. The van der Waals surface area contributed by atoms with Crippen molar-refractivity contribution in [3.8, 4) is 0 Å². The van der Waals surface area contributed by atoms with E-state index in [0.717, 1.165) is 31.6 Å². The normalized spacial score (nSPS) is 28.8. The van der Waals surface area contributed by atoms with Crippen LogP contribution in [-0.2, 0) is 10.8 Å². The van der Waals surface area contributed by atoms with Crippen LogP contribution >= 0.6 is 0 Å². The second-order valence-electron chi connectivity index (χ2n) is 6.76. The highest BCUT2D eigenvalue weighted by Crippen LogP contribution is 2.40. The monoisotopic (exact) mass is 273 g/mol. The maximum Gasteiger partial charge on any atom is 0.0506 e. The summed E-state index contributed by atoms with van der Waals surface area (Å²) < 4.78 is 12.5. The minimum absolute atomic E-state index is 0.299. The van der Waals surface area contributed by atoms with Crippen molar-refractivity contribution in [2.24, 2.45) is 11.3 Å². The lowest BCUT2D eigenvalue weighted by Gasteiger charge is -2.31. The van der Waals surface area contributed by atoms with Gasteiger partial charge in [-0.3, -0.25) is 4.21 Å². The van der Waals surface area contributed by atoms with E-state index in [4.69, 9.17) is 0 Å². The predicted octanol–water partition coefficient (Wildman–Crippen LogP) is 3.34. The molecule has 0 amide bonds. The van der Waals surface area contributed by atoms with Gasteiger partial charge in [-0.25, -0.2) is 0 Å². The Morgan fingerprint density at radius 1 is 1.39 bits per heavy atom. The molecule has 0 aliphatic heterocycles. The maximum atomic E-state index is 12.5. The van der Waals surface area contributed by atoms with Crippen LogP contribution in [0.15, 0.2) is 0 Å². The van der Waals surface area contributed by atoms with E-state index in [1.807, 2.05) is 0 Å². The lowest BCUT2D eigenvalue weighted by Crippen LogP contribution is -2.46. The molecule has 0 heterocycles. The Balaban J connectivity index is 2.59. The predicted molar refractivity (Wildman–Crippen MR) is 81.3 cm³/mol. The van der Waals surface area contributed by atoms with Gasteiger partial charge in [0.15, 0.2) is 0 Å². The molecule has 0 aromatic heterocycles. The van der Waals surface area contributed by atoms with Gasteiger partial charge in [-0.1, -0.05) is 34.6 Å². The van der Waals surface area contributed by atoms with Gasteiger partial charge in [0, 0.05) is 22.6 Å². The van der Waals surface area contributed by atoms with E-state index in [2.05, 4.69) is 39.9 Å². The molecule has 1 N–H and O–H groups in total. The van der Waals surface area contributed by atoms with E-state index in [9.17, 15) is 4.21 Å². The lowest BCUT2D eigenvalue weighted by atomic mass is 9.87. The highest BCUT2D eigenvalue weighted by atomic mass is 32.2. The first-order valence-corrected chi connectivity index (χ1v) is 8.87. The minimum Gasteiger partial charge on any atom is -0.312 e. The highest BCUT2D eigenvalue weighted by Gasteiger charge is 2.43. The molecule has 3 atom stereocenters. The molecule has 2 nitrogen and oxygen atoms in total. The zero-order valence-corrected chi connectivity index (χ0v) is 13.6. The molecule has 1 fully saturated rings. The smallest absolute Gasteiger partial charge is 0.0506 e. The van der Waals surface area contributed by atoms with Gasteiger partial charge in [-0.15, -0.1) is 0 Å². The molecular formula is C15H31NOS. The van der Waals surface area contributed by atoms with Gasteiger partial charge in [-0.2, -0.15) is 0 Å². The third-order valence-corrected chi connectivity index (χ3v) is 5.96. The summed E-state index contributed by atoms with van der Waals surface area (Å²) in [6.07, 6.45) is 4.56. The minimum atomic E-state index is -0.659. The van der Waals surface area contributed by atoms with Crippen molar-refractivity contribution in [3.05, 3.63) is 0 Å². The molecule has 0 saturated heterocycles. The Morgan fingerprint density at radius 3 is 2.61 bits per heavy atom. The second-order valence-corrected chi connectivity index (χ2v) is 8.54. The van der Waals surface area contributed by atoms with Crippen LogP contribution < -0.4 is 5.32 Å². The molecule has 1 saturated carbocycles. The zero-order chi connectivity index (χ0) is 13.8. The summed E-state index contributed by atoms with van der Waals surface area (Å²) in [6, 6.07) is 0.436. The Hall–Kier alpha value is 0.110. The Labute approximate surface area is 116 Å². The molecule has 18 heavy (non-hydrogen) atoms. The number of hydrogen-bond acceptors (Lipinski definition) is 2. The fourth-order valence-corrected chi connectivity index (χ4v) is 4.99. The average molecular weight is 273 g/mol. The van der Waals surface area contributed by atoms with Crippen LogP contribution in [0.1, 0.15) is 60.3 Å². The quantitative estimate of drug-likeness (QED) is 0.771. The number of hydrogen-bond donors (Lipinski definition) is 1. The standard InChI is InChI=1S/C15H31NOS/c1-6-10-16-14-13(7-9-15(14,4)5)18(17)11-8-12(2)3/h12-14,16H,6-11H2,1-5H3. The first-order chi connectivity index (χ1) is 8.38. The first kappa shape index (κ1) is 16.2. The van der Waals surface area contributed by atoms with Gasteiger partial charge in [0.1, 0.15) is 0 Å². The molecule has 0 aromatic rings. The summed E-state index contributed by atoms with van der Waals surface area (Å²) >= 11 is 0. The van der Waals surface area contributed by atoms with Crippen molar-refractivity contribution in [2.75, 3.05) is 12.3 Å². The molecular weight excluding hydrogens is 242 g/mol. The van der Waals surface area contributed by atoms with Crippen LogP contribution in [0.25, 0.3) is 0 Å². The fraction of sp³-hybridized carbons (Fsp3) is 1.00. The largest absolute Gasteiger partial charge is 0.312 e. The van der Waals surface area contributed by atoms with Crippen LogP contribution in [0, 0.1) is 11.3 Å². The molecule has 1 rings (SSSR count). The summed E-state index contributed by atoms with van der Waals surface area (Å²) in [5.41, 5.74) is 0.299. The molecule has 3 heteroatoms. The average Bonchev–Trinajstić information content (AvgIpc) is 2.59. The fourth-order valence-electron chi connectivity index (χ4n) is 2.83. The van der Waals surface area contributed by atoms with Crippen LogP contribution in [0.5, 0.6) is 0 Å². The SMILES string of the molecule is CCCNC1C(S(=O)CCC(C)C)CCC1(C)C. The van der Waals surface area contributed by atoms with Gasteiger partial charge in [0.2, 0.25) is 0 Å². The molecule has 0 bridgehead atoms. The molecule has 1 aliphatic carbocycles. The summed E-state index contributed by atoms with van der Waals surface area (Å²) in [4.78, 5) is 0. The van der Waals surface area contributed by atoms with Crippen LogP contribution in [0.3, 0.4) is 0 Å². The van der Waals surface area contributed by atoms with Crippen molar-refractivity contribution in [3.63, 3.8) is 0 Å². The zero-order valence-electron chi connectivity index (χ0n) is 12.8. The Morgan fingerprint density at radius 2 is 2.06 bits per heavy atom. The van der Waals surface area contributed by atoms with E-state index in [-0.39, 0.29) is 0 Å². The Kier molecular flexibility index (Phi) is 6.32. The van der Waals surface area contributed by atoms with E-state index in [1.54, 1.807) is 0 Å². The molecule has 108 valence electrons. The summed E-state index contributed by atoms with van der Waals surface area (Å²) in [6.45, 7) is 12.3. The molecule has 1 aliphatic rings. The summed E-state index contributed by atoms with van der Waals surface area (Å²) in [5, 5.41) is 4.01. The maximum absolute atomic E-state index is 12.5. The Bertz CT molecular complexity index is 276. The van der Waals surface area contributed by atoms with Gasteiger partial charge in [0.25, 0.3) is 0 Å². The van der Waals surface area contributed by atoms with Crippen molar-refractivity contribution in [1.29, 1.82) is 0 Å². The lowest BCUT2D eigenvalue weighted by molar-refractivity contribution is 0.286. The second kappa shape index (κ2) is 7.04. The topological polar surface area (TPSA) is 29.1 Å². The number of rotatable bonds is 7. The van der Waals surface area contributed by atoms with Crippen LogP contribution in [0.2, 0.25) is 0 Å². The van der Waals surface area contributed by atoms with Crippen molar-refractivity contribution in [2.45, 2.75) is 71.6 Å². The van der Waals surface area contributed by atoms with E-state index in [0.29, 0.717) is 22.6 Å². The highest BCUT2D eigenvalue weighted by molar-refractivity contribution is 7.85. The summed E-state index contributed by atoms with van der Waals surface area (Å²) in [7, 11) is -0.659.